The SMILES string of the molecule is CCCCCCCC(=O)NC(=S)Nc1ccccc1C(=O)N1CCCCC1. The van der Waals surface area contributed by atoms with Gasteiger partial charge in [0.15, 0.2) is 5.11 Å². The monoisotopic (exact) mass is 389 g/mol. The fraction of sp³-hybridized carbons (Fsp3) is 0.571. The third-order valence-corrected chi connectivity index (χ3v) is 5.01. The third kappa shape index (κ3) is 7.29. The lowest BCUT2D eigenvalue weighted by Gasteiger charge is -2.27. The molecule has 0 unspecified atom stereocenters. The Morgan fingerprint density at radius 1 is 1.04 bits per heavy atom. The molecule has 1 aliphatic rings. The molecule has 0 bridgehead atoms. The summed E-state index contributed by atoms with van der Waals surface area (Å²) in [5, 5.41) is 5.99. The van der Waals surface area contributed by atoms with Crippen LogP contribution in [0.25, 0.3) is 0 Å². The second kappa shape index (κ2) is 11.7. The molecule has 0 radical (unpaired) electrons. The second-order valence-electron chi connectivity index (χ2n) is 7.06. The van der Waals surface area contributed by atoms with Gasteiger partial charge in [-0.05, 0) is 50.0 Å². The Morgan fingerprint density at radius 3 is 2.48 bits per heavy atom. The fourth-order valence-corrected chi connectivity index (χ4v) is 3.50. The maximum Gasteiger partial charge on any atom is 0.255 e. The molecule has 1 fully saturated rings. The lowest BCUT2D eigenvalue weighted by Crippen LogP contribution is -2.37. The first-order chi connectivity index (χ1) is 13.1. The van der Waals surface area contributed by atoms with Crippen LogP contribution in [-0.4, -0.2) is 34.9 Å². The van der Waals surface area contributed by atoms with Gasteiger partial charge in [-0.2, -0.15) is 0 Å². The summed E-state index contributed by atoms with van der Waals surface area (Å²) in [6, 6.07) is 7.32. The van der Waals surface area contributed by atoms with Crippen LogP contribution in [0.3, 0.4) is 0 Å². The molecule has 0 aromatic heterocycles. The van der Waals surface area contributed by atoms with Gasteiger partial charge in [-0.25, -0.2) is 0 Å². The number of nitrogens with one attached hydrogen (secondary N) is 2. The maximum absolute atomic E-state index is 12.8. The van der Waals surface area contributed by atoms with Gasteiger partial charge < -0.3 is 15.5 Å². The molecule has 0 atom stereocenters. The summed E-state index contributed by atoms with van der Waals surface area (Å²) in [6.07, 6.45) is 9.25. The first kappa shape index (κ1) is 21.4. The predicted octanol–water partition coefficient (Wildman–Crippen LogP) is 4.49. The molecular weight excluding hydrogens is 358 g/mol. The van der Waals surface area contributed by atoms with Crippen LogP contribution in [0.4, 0.5) is 5.69 Å². The number of unbranched alkanes of at least 4 members (excludes halogenated alkanes) is 4. The van der Waals surface area contributed by atoms with E-state index in [0.29, 0.717) is 17.7 Å². The Balaban J connectivity index is 1.86. The van der Waals surface area contributed by atoms with E-state index in [9.17, 15) is 9.59 Å². The second-order valence-corrected chi connectivity index (χ2v) is 7.47. The van der Waals surface area contributed by atoms with Crippen molar-refractivity contribution in [2.75, 3.05) is 18.4 Å². The zero-order chi connectivity index (χ0) is 19.5. The predicted molar refractivity (Wildman–Crippen MR) is 114 cm³/mol. The van der Waals surface area contributed by atoms with E-state index >= 15 is 0 Å². The Bertz CT molecular complexity index is 642. The van der Waals surface area contributed by atoms with E-state index in [1.54, 1.807) is 6.07 Å². The van der Waals surface area contributed by atoms with Gasteiger partial charge in [0.1, 0.15) is 0 Å². The van der Waals surface area contributed by atoms with Crippen molar-refractivity contribution in [2.24, 2.45) is 0 Å². The summed E-state index contributed by atoms with van der Waals surface area (Å²) >= 11 is 5.27. The average molecular weight is 390 g/mol. The molecule has 0 aliphatic carbocycles. The molecule has 1 aromatic rings. The van der Waals surface area contributed by atoms with Gasteiger partial charge in [0.25, 0.3) is 5.91 Å². The first-order valence-electron chi connectivity index (χ1n) is 10.1. The summed E-state index contributed by atoms with van der Waals surface area (Å²) in [5.41, 5.74) is 1.23. The summed E-state index contributed by atoms with van der Waals surface area (Å²) in [6.45, 7) is 3.77. The Morgan fingerprint density at radius 2 is 1.74 bits per heavy atom. The molecule has 1 heterocycles. The molecular formula is C21H31N3O2S. The molecule has 27 heavy (non-hydrogen) atoms. The Hall–Kier alpha value is -1.95. The van der Waals surface area contributed by atoms with Crippen LogP contribution in [0.2, 0.25) is 0 Å². The van der Waals surface area contributed by atoms with Gasteiger partial charge >= 0.3 is 0 Å². The van der Waals surface area contributed by atoms with Crippen molar-refractivity contribution < 1.29 is 9.59 Å². The highest BCUT2D eigenvalue weighted by Crippen LogP contribution is 2.20. The number of rotatable bonds is 8. The number of hydrogen-bond donors (Lipinski definition) is 2. The van der Waals surface area contributed by atoms with Crippen molar-refractivity contribution in [1.82, 2.24) is 10.2 Å². The molecule has 6 heteroatoms. The molecule has 2 amide bonds. The molecule has 5 nitrogen and oxygen atoms in total. The molecule has 148 valence electrons. The Kier molecular flexibility index (Phi) is 9.25. The van der Waals surface area contributed by atoms with Gasteiger partial charge in [0.05, 0.1) is 11.3 Å². The number of anilines is 1. The van der Waals surface area contributed by atoms with Crippen molar-refractivity contribution in [3.63, 3.8) is 0 Å². The van der Waals surface area contributed by atoms with Crippen LogP contribution < -0.4 is 10.6 Å². The van der Waals surface area contributed by atoms with E-state index in [1.165, 1.54) is 25.7 Å². The van der Waals surface area contributed by atoms with E-state index in [-0.39, 0.29) is 16.9 Å². The van der Waals surface area contributed by atoms with Crippen LogP contribution in [0.5, 0.6) is 0 Å². The molecule has 1 saturated heterocycles. The number of benzene rings is 1. The smallest absolute Gasteiger partial charge is 0.255 e. The number of carbonyl (C=O) groups excluding carboxylic acids is 2. The van der Waals surface area contributed by atoms with Crippen LogP contribution >= 0.6 is 12.2 Å². The zero-order valence-corrected chi connectivity index (χ0v) is 17.1. The van der Waals surface area contributed by atoms with E-state index in [2.05, 4.69) is 17.6 Å². The lowest BCUT2D eigenvalue weighted by atomic mass is 10.1. The van der Waals surface area contributed by atoms with Crippen molar-refractivity contribution in [1.29, 1.82) is 0 Å². The van der Waals surface area contributed by atoms with Gasteiger partial charge in [-0.3, -0.25) is 9.59 Å². The highest BCUT2D eigenvalue weighted by molar-refractivity contribution is 7.80. The number of nitrogens with zero attached hydrogens (tertiary/aromatic N) is 1. The molecule has 1 aromatic carbocycles. The fourth-order valence-electron chi connectivity index (χ4n) is 3.28. The number of amides is 2. The lowest BCUT2D eigenvalue weighted by molar-refractivity contribution is -0.119. The topological polar surface area (TPSA) is 61.4 Å². The standard InChI is InChI=1S/C21H31N3O2S/c1-2-3-4-5-7-14-19(25)23-21(27)22-18-13-9-8-12-17(18)20(26)24-15-10-6-11-16-24/h8-9,12-13H,2-7,10-11,14-16H2,1H3,(H2,22,23,25,27). The van der Waals surface area contributed by atoms with Crippen molar-refractivity contribution in [3.8, 4) is 0 Å². The largest absolute Gasteiger partial charge is 0.339 e. The number of likely N-dealkylation sites (tertiary alicyclic amines) is 1. The minimum absolute atomic E-state index is 0.0165. The van der Waals surface area contributed by atoms with Crippen LogP contribution in [-0.2, 0) is 4.79 Å². The molecule has 2 N–H and O–H groups in total. The summed E-state index contributed by atoms with van der Waals surface area (Å²) in [4.78, 5) is 26.7. The van der Waals surface area contributed by atoms with Gasteiger partial charge in [0.2, 0.25) is 5.91 Å². The number of thiocarbonyl (C=S) groups is 1. The van der Waals surface area contributed by atoms with Crippen LogP contribution in [0, 0.1) is 0 Å². The highest BCUT2D eigenvalue weighted by atomic mass is 32.1. The minimum atomic E-state index is -0.0798. The minimum Gasteiger partial charge on any atom is -0.339 e. The molecule has 0 saturated carbocycles. The van der Waals surface area contributed by atoms with Crippen molar-refractivity contribution >= 4 is 34.8 Å². The molecule has 0 spiro atoms. The number of carbonyl (C=O) groups is 2. The zero-order valence-electron chi connectivity index (χ0n) is 16.3. The quantitative estimate of drug-likeness (QED) is 0.508. The number of para-hydroxylation sites is 1. The van der Waals surface area contributed by atoms with Crippen LogP contribution in [0.15, 0.2) is 24.3 Å². The van der Waals surface area contributed by atoms with Gasteiger partial charge in [-0.1, -0.05) is 44.7 Å². The third-order valence-electron chi connectivity index (χ3n) is 4.81. The number of hydrogen-bond acceptors (Lipinski definition) is 3. The van der Waals surface area contributed by atoms with Crippen molar-refractivity contribution in [2.45, 2.75) is 64.7 Å². The van der Waals surface area contributed by atoms with Gasteiger partial charge in [-0.15, -0.1) is 0 Å². The molecule has 1 aliphatic heterocycles. The molecule has 2 rings (SSSR count). The van der Waals surface area contributed by atoms with E-state index in [1.807, 2.05) is 23.1 Å². The van der Waals surface area contributed by atoms with Crippen molar-refractivity contribution in [3.05, 3.63) is 29.8 Å². The summed E-state index contributed by atoms with van der Waals surface area (Å²) in [7, 11) is 0. The Labute approximate surface area is 167 Å². The van der Waals surface area contributed by atoms with E-state index in [4.69, 9.17) is 12.2 Å². The summed E-state index contributed by atoms with van der Waals surface area (Å²) < 4.78 is 0. The number of piperidine rings is 1. The van der Waals surface area contributed by atoms with E-state index < -0.39 is 0 Å². The highest BCUT2D eigenvalue weighted by Gasteiger charge is 2.21. The first-order valence-corrected chi connectivity index (χ1v) is 10.5. The van der Waals surface area contributed by atoms with Crippen LogP contribution in [0.1, 0.15) is 75.1 Å². The van der Waals surface area contributed by atoms with Gasteiger partial charge in [0, 0.05) is 19.5 Å². The average Bonchev–Trinajstić information content (AvgIpc) is 2.68. The normalized spacial score (nSPS) is 13.9. The summed E-state index contributed by atoms with van der Waals surface area (Å²) in [5.74, 6) is -0.0633. The van der Waals surface area contributed by atoms with E-state index in [0.717, 1.165) is 38.8 Å². The maximum atomic E-state index is 12.8.